The molecule has 0 bridgehead atoms. The molecule has 4 heteroatoms. The normalized spacial score (nSPS) is 12.1. The van der Waals surface area contributed by atoms with Gasteiger partial charge in [-0.3, -0.25) is 4.90 Å². The SMILES string of the molecule is CCCCCCCCCCCN(CCCCCCCCCCC)C(C)C(=O)[O-].[Li+]. The zero-order chi connectivity index (χ0) is 20.9. The second kappa shape index (κ2) is 24.3. The number of aliphatic carboxylic acids is 1. The maximum atomic E-state index is 11.3. The Labute approximate surface area is 195 Å². The van der Waals surface area contributed by atoms with E-state index in [0.29, 0.717) is 0 Å². The summed E-state index contributed by atoms with van der Waals surface area (Å²) in [6.07, 6.45) is 23.5. The molecule has 29 heavy (non-hydrogen) atoms. The van der Waals surface area contributed by atoms with Crippen molar-refractivity contribution in [3.8, 4) is 0 Å². The first-order valence-electron chi connectivity index (χ1n) is 12.6. The van der Waals surface area contributed by atoms with Gasteiger partial charge in [-0.2, -0.15) is 0 Å². The van der Waals surface area contributed by atoms with Crippen molar-refractivity contribution < 1.29 is 28.8 Å². The first-order valence-corrected chi connectivity index (χ1v) is 12.6. The molecular weight excluding hydrogens is 353 g/mol. The third-order valence-corrected chi connectivity index (χ3v) is 5.99. The molecule has 0 fully saturated rings. The van der Waals surface area contributed by atoms with Crippen molar-refractivity contribution in [1.29, 1.82) is 0 Å². The number of hydrogen-bond acceptors (Lipinski definition) is 3. The minimum absolute atomic E-state index is 0. The number of carbonyl (C=O) groups excluding carboxylic acids is 1. The molecule has 0 aliphatic rings. The predicted molar refractivity (Wildman–Crippen MR) is 120 cm³/mol. The van der Waals surface area contributed by atoms with E-state index in [2.05, 4.69) is 18.7 Å². The first kappa shape index (κ1) is 31.2. The van der Waals surface area contributed by atoms with E-state index in [1.54, 1.807) is 6.92 Å². The molecule has 0 heterocycles. The van der Waals surface area contributed by atoms with Crippen molar-refractivity contribution in [3.05, 3.63) is 0 Å². The first-order chi connectivity index (χ1) is 13.6. The van der Waals surface area contributed by atoms with Crippen LogP contribution in [-0.4, -0.2) is 30.0 Å². The summed E-state index contributed by atoms with van der Waals surface area (Å²) in [6, 6.07) is -0.455. The van der Waals surface area contributed by atoms with Crippen molar-refractivity contribution in [2.24, 2.45) is 0 Å². The number of carboxylic acids is 1. The summed E-state index contributed by atoms with van der Waals surface area (Å²) in [5, 5.41) is 11.3. The maximum Gasteiger partial charge on any atom is 1.00 e. The molecule has 0 spiro atoms. The zero-order valence-electron chi connectivity index (χ0n) is 20.5. The number of rotatable bonds is 22. The Kier molecular flexibility index (Phi) is 26.2. The van der Waals surface area contributed by atoms with Crippen LogP contribution in [0.2, 0.25) is 0 Å². The smallest absolute Gasteiger partial charge is 0.548 e. The average Bonchev–Trinajstić information content (AvgIpc) is 2.69. The Morgan fingerprint density at radius 2 is 0.897 bits per heavy atom. The van der Waals surface area contributed by atoms with Crippen LogP contribution in [0.1, 0.15) is 136 Å². The van der Waals surface area contributed by atoms with E-state index >= 15 is 0 Å². The van der Waals surface area contributed by atoms with Crippen molar-refractivity contribution in [2.45, 2.75) is 142 Å². The summed E-state index contributed by atoms with van der Waals surface area (Å²) in [5.41, 5.74) is 0. The fourth-order valence-corrected chi connectivity index (χ4v) is 3.90. The van der Waals surface area contributed by atoms with Gasteiger partial charge in [-0.25, -0.2) is 0 Å². The van der Waals surface area contributed by atoms with Gasteiger partial charge in [-0.05, 0) is 32.9 Å². The molecule has 0 aliphatic carbocycles. The van der Waals surface area contributed by atoms with Crippen LogP contribution in [0.15, 0.2) is 0 Å². The molecule has 0 aromatic carbocycles. The molecule has 3 nitrogen and oxygen atoms in total. The number of unbranched alkanes of at least 4 members (excludes halogenated alkanes) is 16. The molecule has 0 rings (SSSR count). The van der Waals surface area contributed by atoms with Crippen LogP contribution in [0.25, 0.3) is 0 Å². The summed E-state index contributed by atoms with van der Waals surface area (Å²) < 4.78 is 0. The van der Waals surface area contributed by atoms with E-state index in [-0.39, 0.29) is 18.9 Å². The Hall–Kier alpha value is 0.0274. The average molecular weight is 404 g/mol. The Balaban J connectivity index is 0. The maximum absolute atomic E-state index is 11.3. The number of carbonyl (C=O) groups is 1. The molecule has 0 aromatic heterocycles. The van der Waals surface area contributed by atoms with Crippen molar-refractivity contribution in [2.75, 3.05) is 13.1 Å². The number of carboxylic acid groups (broad SMARTS) is 1. The summed E-state index contributed by atoms with van der Waals surface area (Å²) in [7, 11) is 0. The Morgan fingerprint density at radius 3 is 1.17 bits per heavy atom. The molecule has 0 saturated carbocycles. The van der Waals surface area contributed by atoms with Crippen LogP contribution in [0, 0.1) is 0 Å². The van der Waals surface area contributed by atoms with E-state index in [0.717, 1.165) is 25.9 Å². The van der Waals surface area contributed by atoms with Gasteiger partial charge >= 0.3 is 18.9 Å². The zero-order valence-corrected chi connectivity index (χ0v) is 20.5. The van der Waals surface area contributed by atoms with Gasteiger partial charge in [-0.15, -0.1) is 0 Å². The van der Waals surface area contributed by atoms with Gasteiger partial charge in [0.05, 0.1) is 5.97 Å². The largest absolute Gasteiger partial charge is 1.00 e. The Morgan fingerprint density at radius 1 is 0.621 bits per heavy atom. The summed E-state index contributed by atoms with van der Waals surface area (Å²) >= 11 is 0. The molecule has 168 valence electrons. The van der Waals surface area contributed by atoms with Crippen LogP contribution >= 0.6 is 0 Å². The molecule has 1 unspecified atom stereocenters. The number of hydrogen-bond donors (Lipinski definition) is 0. The molecule has 0 saturated heterocycles. The molecule has 0 radical (unpaired) electrons. The summed E-state index contributed by atoms with van der Waals surface area (Å²) in [4.78, 5) is 13.4. The Bertz CT molecular complexity index is 317. The van der Waals surface area contributed by atoms with E-state index in [9.17, 15) is 9.90 Å². The molecule has 0 amide bonds. The minimum atomic E-state index is -0.924. The predicted octanol–water partition coefficient (Wildman–Crippen LogP) is 3.49. The van der Waals surface area contributed by atoms with Gasteiger partial charge in [0, 0.05) is 6.04 Å². The molecule has 0 aromatic rings. The van der Waals surface area contributed by atoms with Gasteiger partial charge in [0.15, 0.2) is 0 Å². The molecular formula is C25H50LiNO2. The van der Waals surface area contributed by atoms with Gasteiger partial charge in [-0.1, -0.05) is 117 Å². The van der Waals surface area contributed by atoms with Crippen LogP contribution in [0.4, 0.5) is 0 Å². The van der Waals surface area contributed by atoms with Gasteiger partial charge < -0.3 is 9.90 Å². The van der Waals surface area contributed by atoms with Gasteiger partial charge in [0.1, 0.15) is 0 Å². The second-order valence-electron chi connectivity index (χ2n) is 8.69. The van der Waals surface area contributed by atoms with E-state index in [1.165, 1.54) is 103 Å². The van der Waals surface area contributed by atoms with Crippen molar-refractivity contribution in [3.63, 3.8) is 0 Å². The third kappa shape index (κ3) is 21.1. The van der Waals surface area contributed by atoms with Gasteiger partial charge in [0.25, 0.3) is 0 Å². The third-order valence-electron chi connectivity index (χ3n) is 5.99. The fourth-order valence-electron chi connectivity index (χ4n) is 3.90. The quantitative estimate of drug-likeness (QED) is 0.205. The van der Waals surface area contributed by atoms with Crippen LogP contribution in [0.5, 0.6) is 0 Å². The van der Waals surface area contributed by atoms with E-state index in [4.69, 9.17) is 0 Å². The molecule has 0 aliphatic heterocycles. The van der Waals surface area contributed by atoms with Crippen LogP contribution in [-0.2, 0) is 4.79 Å². The van der Waals surface area contributed by atoms with Crippen molar-refractivity contribution in [1.82, 2.24) is 4.90 Å². The molecule has 1 atom stereocenters. The van der Waals surface area contributed by atoms with E-state index < -0.39 is 12.0 Å². The van der Waals surface area contributed by atoms with Crippen LogP contribution in [0.3, 0.4) is 0 Å². The van der Waals surface area contributed by atoms with Crippen LogP contribution < -0.4 is 24.0 Å². The molecule has 0 N–H and O–H groups in total. The monoisotopic (exact) mass is 403 g/mol. The van der Waals surface area contributed by atoms with Crippen molar-refractivity contribution >= 4 is 5.97 Å². The summed E-state index contributed by atoms with van der Waals surface area (Å²) in [6.45, 7) is 8.11. The van der Waals surface area contributed by atoms with E-state index in [1.807, 2.05) is 0 Å². The number of nitrogens with zero attached hydrogens (tertiary/aromatic N) is 1. The van der Waals surface area contributed by atoms with Gasteiger partial charge in [0.2, 0.25) is 0 Å². The fraction of sp³-hybridized carbons (Fsp3) is 0.960. The second-order valence-corrected chi connectivity index (χ2v) is 8.69. The minimum Gasteiger partial charge on any atom is -0.548 e. The summed E-state index contributed by atoms with van der Waals surface area (Å²) in [5.74, 6) is -0.924. The standard InChI is InChI=1S/C25H51NO2.Li/c1-4-6-8-10-12-14-16-18-20-22-26(24(3)25(27)28)23-21-19-17-15-13-11-9-7-5-2;/h24H,4-23H2,1-3H3,(H,27,28);/q;+1/p-1. The topological polar surface area (TPSA) is 43.4 Å².